The van der Waals surface area contributed by atoms with Crippen molar-refractivity contribution in [3.05, 3.63) is 65.8 Å². The van der Waals surface area contributed by atoms with E-state index in [9.17, 15) is 4.79 Å². The molecule has 1 aliphatic rings. The fourth-order valence-corrected chi connectivity index (χ4v) is 5.18. The van der Waals surface area contributed by atoms with Crippen molar-refractivity contribution in [3.63, 3.8) is 0 Å². The largest absolute Gasteiger partial charge is 0.378 e. The molecule has 2 aromatic carbocycles. The molecule has 1 N–H and O–H groups in total. The fraction of sp³-hybridized carbons (Fsp3) is 0.250. The lowest BCUT2D eigenvalue weighted by Crippen LogP contribution is -2.36. The van der Waals surface area contributed by atoms with Crippen LogP contribution in [0.25, 0.3) is 21.1 Å². The van der Waals surface area contributed by atoms with Gasteiger partial charge in [-0.25, -0.2) is 4.98 Å². The molecule has 1 saturated heterocycles. The summed E-state index contributed by atoms with van der Waals surface area (Å²) in [4.78, 5) is 19.7. The predicted octanol–water partition coefficient (Wildman–Crippen LogP) is 5.11. The molecule has 0 spiro atoms. The number of aromatic nitrogens is 2. The van der Waals surface area contributed by atoms with Gasteiger partial charge >= 0.3 is 0 Å². The van der Waals surface area contributed by atoms with Gasteiger partial charge in [-0.3, -0.25) is 4.79 Å². The fourth-order valence-electron chi connectivity index (χ4n) is 4.10. The summed E-state index contributed by atoms with van der Waals surface area (Å²) in [7, 11) is 0. The van der Waals surface area contributed by atoms with Crippen molar-refractivity contribution in [3.8, 4) is 0 Å². The number of fused-ring (bicyclic) bond motifs is 2. The minimum atomic E-state index is -0.102. The van der Waals surface area contributed by atoms with Gasteiger partial charge in [0.15, 0.2) is 5.13 Å². The average Bonchev–Trinajstić information content (AvgIpc) is 3.34. The normalized spacial score (nSPS) is 14.2. The topological polar surface area (TPSA) is 59.4 Å². The molecule has 32 heavy (non-hydrogen) atoms. The van der Waals surface area contributed by atoms with Crippen LogP contribution in [0.3, 0.4) is 0 Å². The molecule has 1 aliphatic heterocycles. The second-order valence-electron chi connectivity index (χ2n) is 7.75. The Hall–Kier alpha value is -2.87. The Morgan fingerprint density at radius 3 is 2.91 bits per heavy atom. The van der Waals surface area contributed by atoms with E-state index in [1.807, 2.05) is 36.5 Å². The summed E-state index contributed by atoms with van der Waals surface area (Å²) < 4.78 is 8.57. The maximum atomic E-state index is 12.8. The van der Waals surface area contributed by atoms with Crippen LogP contribution in [0.2, 0.25) is 5.02 Å². The molecule has 2 aromatic heterocycles. The third-order valence-electron chi connectivity index (χ3n) is 5.60. The molecular weight excluding hydrogens is 444 g/mol. The van der Waals surface area contributed by atoms with Crippen LogP contribution in [-0.4, -0.2) is 41.8 Å². The summed E-state index contributed by atoms with van der Waals surface area (Å²) in [6, 6.07) is 12.0. The first-order chi connectivity index (χ1) is 15.6. The lowest BCUT2D eigenvalue weighted by Gasteiger charge is -2.28. The molecule has 0 radical (unpaired) electrons. The minimum Gasteiger partial charge on any atom is -0.378 e. The van der Waals surface area contributed by atoms with Crippen molar-refractivity contribution < 1.29 is 9.53 Å². The van der Waals surface area contributed by atoms with Crippen molar-refractivity contribution in [2.75, 3.05) is 36.5 Å². The molecule has 1 fully saturated rings. The molecule has 3 heterocycles. The summed E-state index contributed by atoms with van der Waals surface area (Å²) in [6.45, 7) is 7.76. The van der Waals surface area contributed by atoms with Crippen molar-refractivity contribution >= 4 is 60.8 Å². The van der Waals surface area contributed by atoms with E-state index in [0.29, 0.717) is 16.7 Å². The number of benzene rings is 2. The zero-order valence-electron chi connectivity index (χ0n) is 17.5. The van der Waals surface area contributed by atoms with Crippen molar-refractivity contribution in [1.29, 1.82) is 0 Å². The van der Waals surface area contributed by atoms with E-state index < -0.39 is 0 Å². The van der Waals surface area contributed by atoms with Gasteiger partial charge in [0.25, 0.3) is 0 Å². The number of halogens is 1. The molecule has 5 rings (SSSR count). The molecule has 0 atom stereocenters. The summed E-state index contributed by atoms with van der Waals surface area (Å²) in [5.41, 5.74) is 4.01. The maximum Gasteiger partial charge on any atom is 0.230 e. The number of anilines is 2. The third-order valence-corrected chi connectivity index (χ3v) is 6.77. The van der Waals surface area contributed by atoms with Crippen LogP contribution >= 0.6 is 22.9 Å². The lowest BCUT2D eigenvalue weighted by molar-refractivity contribution is -0.115. The van der Waals surface area contributed by atoms with Crippen LogP contribution in [0.4, 0.5) is 10.8 Å². The summed E-state index contributed by atoms with van der Waals surface area (Å²) in [5, 5.41) is 5.21. The Labute approximate surface area is 195 Å². The number of hydrogen-bond donors (Lipinski definition) is 1. The van der Waals surface area contributed by atoms with Crippen molar-refractivity contribution in [2.45, 2.75) is 13.0 Å². The number of morpholine rings is 1. The van der Waals surface area contributed by atoms with Gasteiger partial charge in [0, 0.05) is 47.4 Å². The average molecular weight is 467 g/mol. The zero-order valence-corrected chi connectivity index (χ0v) is 19.1. The molecule has 6 nitrogen and oxygen atoms in total. The molecule has 0 saturated carbocycles. The Morgan fingerprint density at radius 2 is 2.09 bits per heavy atom. The van der Waals surface area contributed by atoms with Gasteiger partial charge in [0.2, 0.25) is 5.91 Å². The smallest absolute Gasteiger partial charge is 0.230 e. The Kier molecular flexibility index (Phi) is 5.87. The van der Waals surface area contributed by atoms with Gasteiger partial charge in [0.05, 0.1) is 29.9 Å². The number of nitrogens with one attached hydrogen (secondary N) is 1. The number of hydrogen-bond acceptors (Lipinski definition) is 5. The van der Waals surface area contributed by atoms with Gasteiger partial charge in [-0.15, -0.1) is 6.58 Å². The van der Waals surface area contributed by atoms with Crippen LogP contribution < -0.4 is 10.2 Å². The quantitative estimate of drug-likeness (QED) is 0.401. The molecule has 1 amide bonds. The molecule has 0 unspecified atom stereocenters. The molecule has 0 aliphatic carbocycles. The van der Waals surface area contributed by atoms with E-state index in [1.165, 1.54) is 11.3 Å². The van der Waals surface area contributed by atoms with E-state index in [2.05, 4.69) is 38.5 Å². The van der Waals surface area contributed by atoms with Crippen LogP contribution in [-0.2, 0) is 22.5 Å². The van der Waals surface area contributed by atoms with Gasteiger partial charge in [-0.1, -0.05) is 29.0 Å². The summed E-state index contributed by atoms with van der Waals surface area (Å²) in [6.07, 6.45) is 4.08. The Bertz CT molecular complexity index is 1310. The van der Waals surface area contributed by atoms with Crippen molar-refractivity contribution in [1.82, 2.24) is 9.55 Å². The SMILES string of the molecule is C=CCn1cc(CC(=O)Nc2nc3ccc(N4CCOCC4)cc3s2)c2cc(Cl)ccc21. The van der Waals surface area contributed by atoms with Crippen LogP contribution in [0.5, 0.6) is 0 Å². The van der Waals surface area contributed by atoms with Gasteiger partial charge in [-0.2, -0.15) is 0 Å². The van der Waals surface area contributed by atoms with Gasteiger partial charge in [-0.05, 0) is 42.0 Å². The van der Waals surface area contributed by atoms with E-state index in [1.54, 1.807) is 0 Å². The number of ether oxygens (including phenoxy) is 1. The molecule has 0 bridgehead atoms. The van der Waals surface area contributed by atoms with E-state index in [0.717, 1.165) is 58.7 Å². The van der Waals surface area contributed by atoms with Crippen LogP contribution in [0.15, 0.2) is 55.3 Å². The lowest BCUT2D eigenvalue weighted by atomic mass is 10.1. The highest BCUT2D eigenvalue weighted by atomic mass is 35.5. The monoisotopic (exact) mass is 466 g/mol. The number of nitrogens with zero attached hydrogens (tertiary/aromatic N) is 3. The standard InChI is InChI=1S/C24H23ClN4O2S/c1-2-7-29-15-16(19-13-17(25)3-6-21(19)29)12-23(30)27-24-26-20-5-4-18(14-22(20)32-24)28-8-10-31-11-9-28/h2-6,13-15H,1,7-12H2,(H,26,27,30). The first kappa shape index (κ1) is 21.0. The highest BCUT2D eigenvalue weighted by molar-refractivity contribution is 7.22. The molecule has 164 valence electrons. The van der Waals surface area contributed by atoms with E-state index in [4.69, 9.17) is 16.3 Å². The number of carbonyl (C=O) groups excluding carboxylic acids is 1. The molecule has 4 aromatic rings. The predicted molar refractivity (Wildman–Crippen MR) is 132 cm³/mol. The van der Waals surface area contributed by atoms with E-state index >= 15 is 0 Å². The highest BCUT2D eigenvalue weighted by Gasteiger charge is 2.16. The zero-order chi connectivity index (χ0) is 22.1. The third kappa shape index (κ3) is 4.24. The number of carbonyl (C=O) groups is 1. The first-order valence-electron chi connectivity index (χ1n) is 10.5. The number of allylic oxidation sites excluding steroid dienone is 1. The van der Waals surface area contributed by atoms with E-state index in [-0.39, 0.29) is 12.3 Å². The number of thiazole rings is 1. The first-order valence-corrected chi connectivity index (χ1v) is 11.7. The molecular formula is C24H23ClN4O2S. The molecule has 8 heteroatoms. The Morgan fingerprint density at radius 1 is 1.25 bits per heavy atom. The minimum absolute atomic E-state index is 0.102. The summed E-state index contributed by atoms with van der Waals surface area (Å²) >= 11 is 7.70. The number of amides is 1. The second kappa shape index (κ2) is 8.94. The van der Waals surface area contributed by atoms with Crippen molar-refractivity contribution in [2.24, 2.45) is 0 Å². The maximum absolute atomic E-state index is 12.8. The van der Waals surface area contributed by atoms with Gasteiger partial charge in [0.1, 0.15) is 0 Å². The number of rotatable bonds is 6. The van der Waals surface area contributed by atoms with Crippen LogP contribution in [0, 0.1) is 0 Å². The Balaban J connectivity index is 1.35. The van der Waals surface area contributed by atoms with Gasteiger partial charge < -0.3 is 19.5 Å². The highest BCUT2D eigenvalue weighted by Crippen LogP contribution is 2.31. The van der Waals surface area contributed by atoms with Crippen LogP contribution in [0.1, 0.15) is 5.56 Å². The second-order valence-corrected chi connectivity index (χ2v) is 9.22. The summed E-state index contributed by atoms with van der Waals surface area (Å²) in [5.74, 6) is -0.102.